The number of morpholine rings is 1. The molecule has 1 aromatic heterocycles. The lowest BCUT2D eigenvalue weighted by Crippen LogP contribution is -2.46. The van der Waals surface area contributed by atoms with Crippen LogP contribution in [0.4, 0.5) is 5.82 Å². The summed E-state index contributed by atoms with van der Waals surface area (Å²) < 4.78 is 9.51. The van der Waals surface area contributed by atoms with Crippen LogP contribution < -0.4 is 9.64 Å². The van der Waals surface area contributed by atoms with Crippen LogP contribution in [0, 0.1) is 0 Å². The fraction of sp³-hybridized carbons (Fsp3) is 0.500. The number of aromatic nitrogens is 2. The number of fused-ring (bicyclic) bond motifs is 1. The van der Waals surface area contributed by atoms with Gasteiger partial charge in [-0.2, -0.15) is 0 Å². The van der Waals surface area contributed by atoms with Crippen molar-refractivity contribution in [2.75, 3.05) is 25.1 Å². The molecule has 2 aromatic rings. The Morgan fingerprint density at radius 3 is 2.42 bits per heavy atom. The molecule has 1 aliphatic heterocycles. The van der Waals surface area contributed by atoms with Crippen molar-refractivity contribution in [2.24, 2.45) is 0 Å². The number of rotatable bonds is 2. The molecule has 2 heterocycles. The van der Waals surface area contributed by atoms with Gasteiger partial charge in [-0.1, -0.05) is 40.9 Å². The quantitative estimate of drug-likeness (QED) is 0.723. The van der Waals surface area contributed by atoms with E-state index in [4.69, 9.17) is 44.3 Å². The third-order valence-electron chi connectivity index (χ3n) is 3.86. The molecule has 0 radical (unpaired) electrons. The normalized spacial score (nSPS) is 22.0. The van der Waals surface area contributed by atoms with Crippen LogP contribution >= 0.6 is 34.8 Å². The molecule has 130 valence electrons. The van der Waals surface area contributed by atoms with E-state index in [0.717, 1.165) is 11.2 Å². The Hall–Kier alpha value is -1.01. The van der Waals surface area contributed by atoms with Crippen molar-refractivity contribution in [3.8, 4) is 5.75 Å². The second-order valence-corrected chi connectivity index (χ2v) is 8.17. The lowest BCUT2D eigenvalue weighted by molar-refractivity contribution is -0.00538. The van der Waals surface area contributed by atoms with Gasteiger partial charge in [0.1, 0.15) is 17.1 Å². The average Bonchev–Trinajstić information content (AvgIpc) is 2.51. The molecule has 5 nitrogen and oxygen atoms in total. The van der Waals surface area contributed by atoms with Crippen molar-refractivity contribution >= 4 is 51.5 Å². The van der Waals surface area contributed by atoms with Crippen LogP contribution in [-0.4, -0.2) is 42.4 Å². The van der Waals surface area contributed by atoms with E-state index in [-0.39, 0.29) is 18.0 Å². The number of nitrogens with zero attached hydrogens (tertiary/aromatic N) is 3. The van der Waals surface area contributed by atoms with Crippen molar-refractivity contribution in [1.82, 2.24) is 9.97 Å². The van der Waals surface area contributed by atoms with Crippen LogP contribution in [0.2, 0.25) is 0 Å². The molecule has 0 amide bonds. The zero-order valence-electron chi connectivity index (χ0n) is 13.6. The summed E-state index contributed by atoms with van der Waals surface area (Å²) in [5, 5.41) is 0.855. The zero-order chi connectivity index (χ0) is 17.5. The minimum absolute atomic E-state index is 0.0839. The van der Waals surface area contributed by atoms with E-state index in [9.17, 15) is 0 Å². The fourth-order valence-corrected chi connectivity index (χ4v) is 3.25. The van der Waals surface area contributed by atoms with E-state index in [1.54, 1.807) is 7.11 Å². The maximum absolute atomic E-state index is 6.04. The van der Waals surface area contributed by atoms with E-state index < -0.39 is 3.79 Å². The SMILES string of the molecule is COc1cccc2c(N3CC(C)OC(C)C3)nc(C(Cl)(Cl)Cl)nc12. The van der Waals surface area contributed by atoms with E-state index >= 15 is 0 Å². The molecule has 0 N–H and O–H groups in total. The van der Waals surface area contributed by atoms with Gasteiger partial charge in [0, 0.05) is 18.5 Å². The van der Waals surface area contributed by atoms with Crippen molar-refractivity contribution in [3.05, 3.63) is 24.0 Å². The molecule has 0 saturated carbocycles. The minimum Gasteiger partial charge on any atom is -0.494 e. The molecule has 0 bridgehead atoms. The van der Waals surface area contributed by atoms with Gasteiger partial charge in [-0.25, -0.2) is 9.97 Å². The molecule has 1 fully saturated rings. The second-order valence-electron chi connectivity index (χ2n) is 5.89. The number of hydrogen-bond acceptors (Lipinski definition) is 5. The van der Waals surface area contributed by atoms with Gasteiger partial charge in [-0.15, -0.1) is 0 Å². The van der Waals surface area contributed by atoms with Crippen LogP contribution in [0.1, 0.15) is 19.7 Å². The Bertz CT molecular complexity index is 741. The number of methoxy groups -OCH3 is 1. The van der Waals surface area contributed by atoms with Gasteiger partial charge in [0.15, 0.2) is 5.82 Å². The van der Waals surface area contributed by atoms with Gasteiger partial charge < -0.3 is 14.4 Å². The summed E-state index contributed by atoms with van der Waals surface area (Å²) in [6.07, 6.45) is 0.168. The van der Waals surface area contributed by atoms with Crippen molar-refractivity contribution in [3.63, 3.8) is 0 Å². The standard InChI is InChI=1S/C16H18Cl3N3O2/c1-9-7-22(8-10(2)24-9)14-11-5-4-6-12(23-3)13(11)20-15(21-14)16(17,18)19/h4-6,9-10H,7-8H2,1-3H3. The molecule has 0 spiro atoms. The monoisotopic (exact) mass is 389 g/mol. The summed E-state index contributed by atoms with van der Waals surface area (Å²) in [6, 6.07) is 5.67. The predicted molar refractivity (Wildman–Crippen MR) is 97.5 cm³/mol. The lowest BCUT2D eigenvalue weighted by Gasteiger charge is -2.36. The first kappa shape index (κ1) is 17.8. The van der Waals surface area contributed by atoms with Crippen molar-refractivity contribution < 1.29 is 9.47 Å². The van der Waals surface area contributed by atoms with E-state index in [0.29, 0.717) is 24.4 Å². The summed E-state index contributed by atoms with van der Waals surface area (Å²) in [5.74, 6) is 1.47. The molecule has 2 unspecified atom stereocenters. The molecule has 24 heavy (non-hydrogen) atoms. The number of ether oxygens (including phenoxy) is 2. The Morgan fingerprint density at radius 1 is 1.17 bits per heavy atom. The second kappa shape index (κ2) is 6.71. The summed E-state index contributed by atoms with van der Waals surface area (Å²) in [5.41, 5.74) is 0.623. The highest BCUT2D eigenvalue weighted by molar-refractivity contribution is 6.66. The Kier molecular flexibility index (Phi) is 4.98. The van der Waals surface area contributed by atoms with Gasteiger partial charge in [0.25, 0.3) is 0 Å². The van der Waals surface area contributed by atoms with Crippen molar-refractivity contribution in [2.45, 2.75) is 29.8 Å². The maximum Gasteiger partial charge on any atom is 0.250 e. The zero-order valence-corrected chi connectivity index (χ0v) is 15.9. The fourth-order valence-electron chi connectivity index (χ4n) is 2.99. The van der Waals surface area contributed by atoms with Crippen molar-refractivity contribution in [1.29, 1.82) is 0 Å². The molecule has 0 aliphatic carbocycles. The summed E-state index contributed by atoms with van der Waals surface area (Å²) >= 11 is 18.1. The first-order chi connectivity index (χ1) is 11.3. The van der Waals surface area contributed by atoms with Gasteiger partial charge in [-0.3, -0.25) is 0 Å². The van der Waals surface area contributed by atoms with Crippen LogP contribution in [0.15, 0.2) is 18.2 Å². The van der Waals surface area contributed by atoms with Crippen LogP contribution in [0.25, 0.3) is 10.9 Å². The largest absolute Gasteiger partial charge is 0.494 e. The van der Waals surface area contributed by atoms with Gasteiger partial charge in [-0.05, 0) is 26.0 Å². The van der Waals surface area contributed by atoms with Crippen LogP contribution in [0.3, 0.4) is 0 Å². The molecule has 1 aliphatic rings. The highest BCUT2D eigenvalue weighted by atomic mass is 35.6. The molecule has 3 rings (SSSR count). The number of halogens is 3. The number of benzene rings is 1. The Labute approximate surface area is 155 Å². The van der Waals surface area contributed by atoms with Gasteiger partial charge in [0.05, 0.1) is 19.3 Å². The minimum atomic E-state index is -1.71. The molecular formula is C16H18Cl3N3O2. The third-order valence-corrected chi connectivity index (χ3v) is 4.37. The van der Waals surface area contributed by atoms with Gasteiger partial charge >= 0.3 is 0 Å². The number of hydrogen-bond donors (Lipinski definition) is 0. The Balaban J connectivity index is 2.21. The highest BCUT2D eigenvalue weighted by Crippen LogP contribution is 2.40. The van der Waals surface area contributed by atoms with Crippen LogP contribution in [0.5, 0.6) is 5.75 Å². The first-order valence-corrected chi connectivity index (χ1v) is 8.75. The highest BCUT2D eigenvalue weighted by Gasteiger charge is 2.31. The Morgan fingerprint density at radius 2 is 1.83 bits per heavy atom. The molecule has 8 heteroatoms. The third kappa shape index (κ3) is 3.49. The number of anilines is 1. The lowest BCUT2D eigenvalue weighted by atomic mass is 10.1. The van der Waals surface area contributed by atoms with Gasteiger partial charge in [0.2, 0.25) is 3.79 Å². The van der Waals surface area contributed by atoms with Crippen LogP contribution in [-0.2, 0) is 8.53 Å². The smallest absolute Gasteiger partial charge is 0.250 e. The molecule has 2 atom stereocenters. The molecule has 1 aromatic carbocycles. The number of para-hydroxylation sites is 1. The summed E-state index contributed by atoms with van der Waals surface area (Å²) in [6.45, 7) is 5.46. The summed E-state index contributed by atoms with van der Waals surface area (Å²) in [7, 11) is 1.59. The average molecular weight is 391 g/mol. The molecule has 1 saturated heterocycles. The maximum atomic E-state index is 6.04. The predicted octanol–water partition coefficient (Wildman–Crippen LogP) is 4.08. The number of alkyl halides is 3. The topological polar surface area (TPSA) is 47.5 Å². The van der Waals surface area contributed by atoms with E-state index in [1.807, 2.05) is 32.0 Å². The van der Waals surface area contributed by atoms with E-state index in [2.05, 4.69) is 14.9 Å². The molecular weight excluding hydrogens is 373 g/mol. The summed E-state index contributed by atoms with van der Waals surface area (Å²) in [4.78, 5) is 11.1. The first-order valence-electron chi connectivity index (χ1n) is 7.62. The van der Waals surface area contributed by atoms with E-state index in [1.165, 1.54) is 0 Å².